The Hall–Kier alpha value is -3.22. The number of hydrogen-bond acceptors (Lipinski definition) is 5. The van der Waals surface area contributed by atoms with E-state index in [4.69, 9.17) is 9.72 Å². The topological polar surface area (TPSA) is 45.7 Å². The van der Waals surface area contributed by atoms with Crippen molar-refractivity contribution in [1.82, 2.24) is 9.88 Å². The van der Waals surface area contributed by atoms with Crippen molar-refractivity contribution in [2.75, 3.05) is 31.1 Å². The fourth-order valence-corrected chi connectivity index (χ4v) is 4.92. The van der Waals surface area contributed by atoms with Gasteiger partial charge in [-0.2, -0.15) is 0 Å². The van der Waals surface area contributed by atoms with Crippen molar-refractivity contribution in [3.05, 3.63) is 83.4 Å². The number of benzene rings is 3. The average Bonchev–Trinajstić information content (AvgIpc) is 3.29. The molecule has 0 aliphatic heterocycles. The molecule has 1 heterocycles. The molecule has 0 unspecified atom stereocenters. The highest BCUT2D eigenvalue weighted by atomic mass is 32.1. The second-order valence-corrected chi connectivity index (χ2v) is 9.29. The Balaban J connectivity index is 1.67. The number of rotatable bonds is 9. The minimum absolute atomic E-state index is 0.0703. The highest BCUT2D eigenvalue weighted by Crippen LogP contribution is 2.33. The van der Waals surface area contributed by atoms with Gasteiger partial charge in [-0.25, -0.2) is 4.98 Å². The van der Waals surface area contributed by atoms with Gasteiger partial charge in [-0.05, 0) is 74.5 Å². The molecule has 5 nitrogen and oxygen atoms in total. The van der Waals surface area contributed by atoms with Crippen LogP contribution in [-0.2, 0) is 0 Å². The molecule has 4 aromatic rings. The van der Waals surface area contributed by atoms with E-state index in [1.807, 2.05) is 59.5 Å². The fourth-order valence-electron chi connectivity index (χ4n) is 3.87. The standard InChI is InChI=1S/C28H31N3O2S/c1-5-30(6-2)17-18-31(28-29-26-21(4)20(3)15-16-25(26)34-28)27(32)22-11-10-14-24(19-22)33-23-12-8-7-9-13-23/h7-16,19H,5-6,17-18H2,1-4H3. The molecule has 0 fully saturated rings. The summed E-state index contributed by atoms with van der Waals surface area (Å²) >= 11 is 1.57. The summed E-state index contributed by atoms with van der Waals surface area (Å²) in [6.07, 6.45) is 0. The van der Waals surface area contributed by atoms with Crippen molar-refractivity contribution < 1.29 is 9.53 Å². The quantitative estimate of drug-likeness (QED) is 0.272. The number of fused-ring (bicyclic) bond motifs is 1. The number of thiazole rings is 1. The molecule has 34 heavy (non-hydrogen) atoms. The number of amides is 1. The molecule has 3 aromatic carbocycles. The summed E-state index contributed by atoms with van der Waals surface area (Å²) in [7, 11) is 0. The summed E-state index contributed by atoms with van der Waals surface area (Å²) in [6.45, 7) is 11.7. The molecular formula is C28H31N3O2S. The molecule has 0 spiro atoms. The zero-order chi connectivity index (χ0) is 24.1. The van der Waals surface area contributed by atoms with E-state index in [-0.39, 0.29) is 5.91 Å². The van der Waals surface area contributed by atoms with Crippen LogP contribution < -0.4 is 9.64 Å². The Morgan fingerprint density at radius 1 is 0.912 bits per heavy atom. The zero-order valence-electron chi connectivity index (χ0n) is 20.2. The van der Waals surface area contributed by atoms with E-state index in [9.17, 15) is 4.79 Å². The number of likely N-dealkylation sites (N-methyl/N-ethyl adjacent to an activating group) is 1. The molecule has 0 N–H and O–H groups in total. The third-order valence-corrected chi connectivity index (χ3v) is 7.19. The number of hydrogen-bond donors (Lipinski definition) is 0. The predicted octanol–water partition coefficient (Wildman–Crippen LogP) is 6.69. The first-order valence-corrected chi connectivity index (χ1v) is 12.6. The molecule has 0 aliphatic carbocycles. The number of carbonyl (C=O) groups excluding carboxylic acids is 1. The van der Waals surface area contributed by atoms with Crippen LogP contribution in [0, 0.1) is 13.8 Å². The van der Waals surface area contributed by atoms with Gasteiger partial charge in [0.15, 0.2) is 5.13 Å². The molecule has 0 saturated heterocycles. The van der Waals surface area contributed by atoms with Gasteiger partial charge >= 0.3 is 0 Å². The molecule has 0 bridgehead atoms. The second kappa shape index (κ2) is 10.8. The van der Waals surface area contributed by atoms with Crippen LogP contribution in [0.1, 0.15) is 35.3 Å². The zero-order valence-corrected chi connectivity index (χ0v) is 21.1. The van der Waals surface area contributed by atoms with Gasteiger partial charge in [0.2, 0.25) is 0 Å². The van der Waals surface area contributed by atoms with Crippen LogP contribution in [0.25, 0.3) is 10.2 Å². The lowest BCUT2D eigenvalue weighted by Crippen LogP contribution is -2.38. The van der Waals surface area contributed by atoms with Gasteiger partial charge < -0.3 is 9.64 Å². The number of para-hydroxylation sites is 1. The molecule has 0 atom stereocenters. The normalized spacial score (nSPS) is 11.2. The predicted molar refractivity (Wildman–Crippen MR) is 142 cm³/mol. The van der Waals surface area contributed by atoms with E-state index in [2.05, 4.69) is 44.7 Å². The monoisotopic (exact) mass is 473 g/mol. The lowest BCUT2D eigenvalue weighted by atomic mass is 10.1. The van der Waals surface area contributed by atoms with E-state index in [0.29, 0.717) is 17.9 Å². The van der Waals surface area contributed by atoms with E-state index >= 15 is 0 Å². The summed E-state index contributed by atoms with van der Waals surface area (Å²) in [5.74, 6) is 1.30. The van der Waals surface area contributed by atoms with Crippen molar-refractivity contribution in [3.63, 3.8) is 0 Å². The second-order valence-electron chi connectivity index (χ2n) is 8.28. The Morgan fingerprint density at radius 3 is 2.38 bits per heavy atom. The Bertz CT molecular complexity index is 1270. The molecule has 1 amide bonds. The maximum absolute atomic E-state index is 13.8. The van der Waals surface area contributed by atoms with Crippen LogP contribution in [0.4, 0.5) is 5.13 Å². The fraction of sp³-hybridized carbons (Fsp3) is 0.286. The minimum Gasteiger partial charge on any atom is -0.457 e. The van der Waals surface area contributed by atoms with Crippen molar-refractivity contribution in [2.24, 2.45) is 0 Å². The maximum atomic E-state index is 13.8. The molecule has 176 valence electrons. The van der Waals surface area contributed by atoms with Crippen LogP contribution in [0.15, 0.2) is 66.7 Å². The Labute approximate surface area is 205 Å². The largest absolute Gasteiger partial charge is 0.457 e. The van der Waals surface area contributed by atoms with Crippen molar-refractivity contribution in [1.29, 1.82) is 0 Å². The molecule has 0 saturated carbocycles. The molecule has 0 radical (unpaired) electrons. The van der Waals surface area contributed by atoms with Gasteiger partial charge in [0, 0.05) is 18.7 Å². The number of ether oxygens (including phenoxy) is 1. The molecular weight excluding hydrogens is 442 g/mol. The third kappa shape index (κ3) is 5.29. The lowest BCUT2D eigenvalue weighted by Gasteiger charge is -2.25. The van der Waals surface area contributed by atoms with Crippen LogP contribution in [0.5, 0.6) is 11.5 Å². The number of aromatic nitrogens is 1. The summed E-state index contributed by atoms with van der Waals surface area (Å²) in [5.41, 5.74) is 3.92. The van der Waals surface area contributed by atoms with Crippen molar-refractivity contribution >= 4 is 32.6 Å². The van der Waals surface area contributed by atoms with E-state index < -0.39 is 0 Å². The number of aryl methyl sites for hydroxylation is 2. The molecule has 4 rings (SSSR count). The van der Waals surface area contributed by atoms with Gasteiger partial charge in [-0.15, -0.1) is 0 Å². The van der Waals surface area contributed by atoms with Gasteiger partial charge in [0.25, 0.3) is 5.91 Å². The lowest BCUT2D eigenvalue weighted by molar-refractivity contribution is 0.0983. The number of anilines is 1. The summed E-state index contributed by atoms with van der Waals surface area (Å²) < 4.78 is 7.07. The average molecular weight is 474 g/mol. The van der Waals surface area contributed by atoms with Gasteiger partial charge in [-0.3, -0.25) is 9.69 Å². The maximum Gasteiger partial charge on any atom is 0.260 e. The van der Waals surface area contributed by atoms with E-state index in [1.54, 1.807) is 11.3 Å². The molecule has 1 aromatic heterocycles. The third-order valence-electron chi connectivity index (χ3n) is 6.14. The van der Waals surface area contributed by atoms with Crippen LogP contribution in [0.2, 0.25) is 0 Å². The highest BCUT2D eigenvalue weighted by Gasteiger charge is 2.23. The van der Waals surface area contributed by atoms with Crippen LogP contribution >= 0.6 is 11.3 Å². The number of nitrogens with zero attached hydrogens (tertiary/aromatic N) is 3. The van der Waals surface area contributed by atoms with Gasteiger partial charge in [-0.1, -0.05) is 55.5 Å². The minimum atomic E-state index is -0.0703. The first kappa shape index (κ1) is 23.9. The smallest absolute Gasteiger partial charge is 0.260 e. The summed E-state index contributed by atoms with van der Waals surface area (Å²) in [5, 5.41) is 0.732. The summed E-state index contributed by atoms with van der Waals surface area (Å²) in [4.78, 5) is 22.8. The van der Waals surface area contributed by atoms with E-state index in [1.165, 1.54) is 5.56 Å². The SMILES string of the molecule is CCN(CC)CCN(C(=O)c1cccc(Oc2ccccc2)c1)c1nc2c(C)c(C)ccc2s1. The van der Waals surface area contributed by atoms with Gasteiger partial charge in [0.05, 0.1) is 10.2 Å². The molecule has 6 heteroatoms. The highest BCUT2D eigenvalue weighted by molar-refractivity contribution is 7.22. The van der Waals surface area contributed by atoms with E-state index in [0.717, 1.165) is 46.3 Å². The Kier molecular flexibility index (Phi) is 7.60. The first-order chi connectivity index (χ1) is 16.5. The van der Waals surface area contributed by atoms with Crippen molar-refractivity contribution in [2.45, 2.75) is 27.7 Å². The Morgan fingerprint density at radius 2 is 1.65 bits per heavy atom. The van der Waals surface area contributed by atoms with Gasteiger partial charge in [0.1, 0.15) is 11.5 Å². The summed E-state index contributed by atoms with van der Waals surface area (Å²) in [6, 6.07) is 21.2. The van der Waals surface area contributed by atoms with Crippen LogP contribution in [0.3, 0.4) is 0 Å². The molecule has 0 aliphatic rings. The first-order valence-electron chi connectivity index (χ1n) is 11.7. The van der Waals surface area contributed by atoms with Crippen LogP contribution in [-0.4, -0.2) is 42.0 Å². The van der Waals surface area contributed by atoms with Crippen molar-refractivity contribution in [3.8, 4) is 11.5 Å². The number of carbonyl (C=O) groups is 1.